The zero-order valence-electron chi connectivity index (χ0n) is 11.8. The number of rotatable bonds is 3. The van der Waals surface area contributed by atoms with Crippen LogP contribution in [-0.4, -0.2) is 23.0 Å². The van der Waals surface area contributed by atoms with Crippen molar-refractivity contribution in [2.45, 2.75) is 20.8 Å². The first-order valence-corrected chi connectivity index (χ1v) is 6.39. The number of imide groups is 1. The highest BCUT2D eigenvalue weighted by molar-refractivity contribution is 6.33. The van der Waals surface area contributed by atoms with Crippen LogP contribution in [0.3, 0.4) is 0 Å². The molecule has 0 heterocycles. The molecular weight excluding hydrogens is 296 g/mol. The number of carboxylic acid groups (broad SMARTS) is 1. The molecule has 0 bridgehead atoms. The van der Waals surface area contributed by atoms with Gasteiger partial charge in [-0.2, -0.15) is 0 Å². The van der Waals surface area contributed by atoms with E-state index in [1.807, 2.05) is 12.2 Å². The highest BCUT2D eigenvalue weighted by Gasteiger charge is 2.15. The van der Waals surface area contributed by atoms with Crippen molar-refractivity contribution in [3.8, 4) is 0 Å². The van der Waals surface area contributed by atoms with Crippen LogP contribution in [-0.2, 0) is 9.59 Å². The number of hydrogen-bond donors (Lipinski definition) is 3. The second-order valence-electron chi connectivity index (χ2n) is 4.45. The Morgan fingerprint density at radius 1 is 1.14 bits per heavy atom. The normalized spacial score (nSPS) is 11.4. The molecule has 6 nitrogen and oxygen atoms in total. The fraction of sp³-hybridized carbons (Fsp3) is 0.214. The molecule has 1 aromatic carbocycles. The summed E-state index contributed by atoms with van der Waals surface area (Å²) in [6.07, 6.45) is 0. The smallest absolute Gasteiger partial charge is 0.331 e. The summed E-state index contributed by atoms with van der Waals surface area (Å²) in [7, 11) is 0. The van der Waals surface area contributed by atoms with E-state index >= 15 is 0 Å². The van der Waals surface area contributed by atoms with E-state index in [-0.39, 0.29) is 11.1 Å². The number of carboxylic acids is 1. The van der Waals surface area contributed by atoms with Crippen molar-refractivity contribution >= 4 is 35.2 Å². The number of nitrogens with one attached hydrogen (secondary N) is 2. The van der Waals surface area contributed by atoms with E-state index in [4.69, 9.17) is 16.7 Å². The minimum atomic E-state index is -1.22. The molecule has 0 aliphatic heterocycles. The topological polar surface area (TPSA) is 95.5 Å². The number of halogens is 1. The van der Waals surface area contributed by atoms with E-state index in [1.165, 1.54) is 13.8 Å². The van der Waals surface area contributed by atoms with Gasteiger partial charge in [0.25, 0.3) is 5.91 Å². The summed E-state index contributed by atoms with van der Waals surface area (Å²) in [6, 6.07) is 4.26. The van der Waals surface area contributed by atoms with Crippen molar-refractivity contribution in [3.63, 3.8) is 0 Å². The van der Waals surface area contributed by atoms with Crippen molar-refractivity contribution < 1.29 is 19.5 Å². The molecule has 0 radical (unpaired) electrons. The van der Waals surface area contributed by atoms with Crippen molar-refractivity contribution in [1.29, 1.82) is 0 Å². The van der Waals surface area contributed by atoms with Gasteiger partial charge >= 0.3 is 12.0 Å². The lowest BCUT2D eigenvalue weighted by molar-refractivity contribution is -0.133. The third-order valence-electron chi connectivity index (χ3n) is 2.82. The molecule has 0 spiro atoms. The maximum absolute atomic E-state index is 11.7. The van der Waals surface area contributed by atoms with Gasteiger partial charge in [-0.15, -0.1) is 0 Å². The highest BCUT2D eigenvalue weighted by Crippen LogP contribution is 2.22. The summed E-state index contributed by atoms with van der Waals surface area (Å²) < 4.78 is 0. The summed E-state index contributed by atoms with van der Waals surface area (Å²) >= 11 is 5.92. The number of carbonyl (C=O) groups excluding carboxylic acids is 2. The third kappa shape index (κ3) is 4.61. The van der Waals surface area contributed by atoms with Crippen LogP contribution in [0.4, 0.5) is 10.5 Å². The summed E-state index contributed by atoms with van der Waals surface area (Å²) in [6.45, 7) is 4.44. The van der Waals surface area contributed by atoms with E-state index in [2.05, 4.69) is 5.32 Å². The molecule has 1 rings (SSSR count). The predicted molar refractivity (Wildman–Crippen MR) is 79.4 cm³/mol. The first-order valence-electron chi connectivity index (χ1n) is 6.01. The lowest BCUT2D eigenvalue weighted by atomic mass is 10.1. The standard InChI is InChI=1S/C14H15ClN2O4/c1-7-4-5-10(15)11(6-7)16-14(21)17-12(18)8(2)9(3)13(19)20/h4-6H,1-3H3,(H,19,20)(H2,16,17,18,21)/b9-8+. The van der Waals surface area contributed by atoms with Crippen molar-refractivity contribution in [3.05, 3.63) is 39.9 Å². The number of aliphatic carboxylic acids is 1. The van der Waals surface area contributed by atoms with Gasteiger partial charge in [-0.25, -0.2) is 9.59 Å². The Balaban J connectivity index is 2.79. The number of urea groups is 1. The quantitative estimate of drug-likeness (QED) is 0.748. The molecule has 0 aliphatic rings. The lowest BCUT2D eigenvalue weighted by Crippen LogP contribution is -2.35. The maximum atomic E-state index is 11.7. The molecule has 3 amide bonds. The van der Waals surface area contributed by atoms with Crippen LogP contribution in [0.15, 0.2) is 29.3 Å². The number of carbonyl (C=O) groups is 3. The van der Waals surface area contributed by atoms with Gasteiger partial charge in [0.2, 0.25) is 0 Å². The Labute approximate surface area is 126 Å². The minimum absolute atomic E-state index is 0.0482. The molecule has 0 atom stereocenters. The Morgan fingerprint density at radius 2 is 1.76 bits per heavy atom. The summed E-state index contributed by atoms with van der Waals surface area (Å²) in [5.41, 5.74) is 1.07. The van der Waals surface area contributed by atoms with E-state index in [0.717, 1.165) is 5.56 Å². The van der Waals surface area contributed by atoms with Gasteiger partial charge in [-0.1, -0.05) is 17.7 Å². The molecule has 0 unspecified atom stereocenters. The molecule has 0 aliphatic carbocycles. The fourth-order valence-electron chi connectivity index (χ4n) is 1.42. The number of aryl methyl sites for hydroxylation is 1. The van der Waals surface area contributed by atoms with Gasteiger partial charge in [0.1, 0.15) is 0 Å². The summed E-state index contributed by atoms with van der Waals surface area (Å²) in [4.78, 5) is 34.2. The Bertz CT molecular complexity index is 638. The van der Waals surface area contributed by atoms with Gasteiger partial charge in [0.05, 0.1) is 10.7 Å². The van der Waals surface area contributed by atoms with Gasteiger partial charge in [-0.05, 0) is 38.5 Å². The van der Waals surface area contributed by atoms with E-state index in [1.54, 1.807) is 18.2 Å². The largest absolute Gasteiger partial charge is 0.478 e. The van der Waals surface area contributed by atoms with Crippen LogP contribution < -0.4 is 10.6 Å². The minimum Gasteiger partial charge on any atom is -0.478 e. The van der Waals surface area contributed by atoms with Crippen LogP contribution in [0, 0.1) is 6.92 Å². The van der Waals surface area contributed by atoms with E-state index in [0.29, 0.717) is 10.7 Å². The Morgan fingerprint density at radius 3 is 2.33 bits per heavy atom. The van der Waals surface area contributed by atoms with E-state index in [9.17, 15) is 14.4 Å². The molecular formula is C14H15ClN2O4. The van der Waals surface area contributed by atoms with Gasteiger partial charge < -0.3 is 10.4 Å². The lowest BCUT2D eigenvalue weighted by Gasteiger charge is -2.09. The van der Waals surface area contributed by atoms with E-state index < -0.39 is 17.9 Å². The first kappa shape index (κ1) is 16.7. The Hall–Kier alpha value is -2.34. The summed E-state index contributed by atoms with van der Waals surface area (Å²) in [5.74, 6) is -2.00. The monoisotopic (exact) mass is 310 g/mol. The highest BCUT2D eigenvalue weighted by atomic mass is 35.5. The molecule has 112 valence electrons. The number of benzene rings is 1. The first-order chi connectivity index (χ1) is 9.72. The van der Waals surface area contributed by atoms with Crippen molar-refractivity contribution in [2.24, 2.45) is 0 Å². The second kappa shape index (κ2) is 6.90. The van der Waals surface area contributed by atoms with Crippen LogP contribution in [0.2, 0.25) is 5.02 Å². The van der Waals surface area contributed by atoms with Crippen LogP contribution >= 0.6 is 11.6 Å². The molecule has 0 saturated carbocycles. The van der Waals surface area contributed by atoms with Crippen LogP contribution in [0.5, 0.6) is 0 Å². The molecule has 7 heteroatoms. The van der Waals surface area contributed by atoms with Gasteiger partial charge in [0.15, 0.2) is 0 Å². The third-order valence-corrected chi connectivity index (χ3v) is 3.15. The molecule has 3 N–H and O–H groups in total. The zero-order valence-corrected chi connectivity index (χ0v) is 12.5. The summed E-state index contributed by atoms with van der Waals surface area (Å²) in [5, 5.41) is 13.6. The fourth-order valence-corrected chi connectivity index (χ4v) is 1.58. The number of amides is 3. The number of anilines is 1. The molecule has 0 saturated heterocycles. The Kier molecular flexibility index (Phi) is 5.49. The predicted octanol–water partition coefficient (Wildman–Crippen LogP) is 2.72. The molecule has 0 fully saturated rings. The SMILES string of the molecule is C/C(C(=O)O)=C(/C)C(=O)NC(=O)Nc1cc(C)ccc1Cl. The van der Waals surface area contributed by atoms with Crippen molar-refractivity contribution in [1.82, 2.24) is 5.32 Å². The molecule has 0 aromatic heterocycles. The van der Waals surface area contributed by atoms with Gasteiger partial charge in [-0.3, -0.25) is 10.1 Å². The zero-order chi connectivity index (χ0) is 16.2. The number of hydrogen-bond acceptors (Lipinski definition) is 3. The van der Waals surface area contributed by atoms with Crippen molar-refractivity contribution in [2.75, 3.05) is 5.32 Å². The average molecular weight is 311 g/mol. The average Bonchev–Trinajstić information content (AvgIpc) is 2.40. The van der Waals surface area contributed by atoms with Crippen LogP contribution in [0.1, 0.15) is 19.4 Å². The van der Waals surface area contributed by atoms with Crippen LogP contribution in [0.25, 0.3) is 0 Å². The van der Waals surface area contributed by atoms with Gasteiger partial charge in [0, 0.05) is 11.1 Å². The molecule has 1 aromatic rings. The molecule has 21 heavy (non-hydrogen) atoms. The maximum Gasteiger partial charge on any atom is 0.331 e. The second-order valence-corrected chi connectivity index (χ2v) is 4.85.